The van der Waals surface area contributed by atoms with Crippen LogP contribution in [0.4, 0.5) is 5.69 Å². The van der Waals surface area contributed by atoms with Crippen molar-refractivity contribution in [3.8, 4) is 22.7 Å². The Morgan fingerprint density at radius 3 is 2.57 bits per heavy atom. The number of hydrogen-bond acceptors (Lipinski definition) is 4. The third kappa shape index (κ3) is 4.90. The molecule has 0 radical (unpaired) electrons. The van der Waals surface area contributed by atoms with Gasteiger partial charge in [-0.25, -0.2) is 4.98 Å². The molecule has 0 unspecified atom stereocenters. The zero-order valence-corrected chi connectivity index (χ0v) is 20.8. The van der Waals surface area contributed by atoms with Crippen molar-refractivity contribution in [3.63, 3.8) is 0 Å². The molecule has 3 N–H and O–H groups in total. The molecule has 0 aliphatic heterocycles. The number of aromatic amines is 1. The van der Waals surface area contributed by atoms with Crippen molar-refractivity contribution >= 4 is 74.8 Å². The maximum atomic E-state index is 12.7. The molecule has 3 aromatic carbocycles. The number of H-pyrrole nitrogens is 1. The Kier molecular flexibility index (Phi) is 6.49. The van der Waals surface area contributed by atoms with E-state index in [9.17, 15) is 4.79 Å². The van der Waals surface area contributed by atoms with Crippen LogP contribution in [0, 0.1) is 0 Å². The third-order valence-electron chi connectivity index (χ3n) is 5.14. The van der Waals surface area contributed by atoms with Crippen LogP contribution in [0.3, 0.4) is 0 Å². The summed E-state index contributed by atoms with van der Waals surface area (Å²) < 4.78 is 5.67. The van der Waals surface area contributed by atoms with Gasteiger partial charge in [0.2, 0.25) is 0 Å². The molecule has 5 aromatic rings. The van der Waals surface area contributed by atoms with Crippen LogP contribution in [-0.4, -0.2) is 21.0 Å². The largest absolute Gasteiger partial charge is 0.451 e. The average molecular weight is 542 g/mol. The highest BCUT2D eigenvalue weighted by Crippen LogP contribution is 2.34. The van der Waals surface area contributed by atoms with Gasteiger partial charge in [0.1, 0.15) is 11.6 Å². The van der Waals surface area contributed by atoms with E-state index in [0.29, 0.717) is 43.5 Å². The molecule has 0 atom stereocenters. The number of furan rings is 1. The van der Waals surface area contributed by atoms with Gasteiger partial charge in [0.15, 0.2) is 10.9 Å². The van der Waals surface area contributed by atoms with Crippen molar-refractivity contribution in [2.75, 3.05) is 5.32 Å². The van der Waals surface area contributed by atoms with Gasteiger partial charge in [-0.1, -0.05) is 53.0 Å². The normalized spacial score (nSPS) is 10.9. The number of amides is 1. The number of benzene rings is 3. The summed E-state index contributed by atoms with van der Waals surface area (Å²) >= 11 is 24.0. The highest BCUT2D eigenvalue weighted by molar-refractivity contribution is 7.80. The number of nitrogens with zero attached hydrogens (tertiary/aromatic N) is 1. The number of carbonyl (C=O) groups excluding carboxylic acids is 1. The van der Waals surface area contributed by atoms with E-state index in [2.05, 4.69) is 20.6 Å². The summed E-state index contributed by atoms with van der Waals surface area (Å²) in [6, 6.07) is 21.3. The van der Waals surface area contributed by atoms with Gasteiger partial charge in [-0.2, -0.15) is 0 Å². The van der Waals surface area contributed by atoms with E-state index in [-0.39, 0.29) is 10.9 Å². The highest BCUT2D eigenvalue weighted by Gasteiger charge is 2.17. The van der Waals surface area contributed by atoms with Gasteiger partial charge in [0, 0.05) is 16.8 Å². The van der Waals surface area contributed by atoms with Crippen molar-refractivity contribution < 1.29 is 9.21 Å². The summed E-state index contributed by atoms with van der Waals surface area (Å²) in [6.07, 6.45) is 0. The van der Waals surface area contributed by atoms with Gasteiger partial charge in [-0.05, 0) is 66.8 Å². The first kappa shape index (κ1) is 23.4. The van der Waals surface area contributed by atoms with Gasteiger partial charge >= 0.3 is 0 Å². The van der Waals surface area contributed by atoms with Gasteiger partial charge in [-0.3, -0.25) is 10.1 Å². The average Bonchev–Trinajstić information content (AvgIpc) is 3.49. The topological polar surface area (TPSA) is 83.0 Å². The molecule has 10 heteroatoms. The summed E-state index contributed by atoms with van der Waals surface area (Å²) in [5.41, 5.74) is 3.63. The smallest absolute Gasteiger partial charge is 0.293 e. The molecule has 0 saturated carbocycles. The van der Waals surface area contributed by atoms with Crippen LogP contribution in [-0.2, 0) is 0 Å². The zero-order valence-electron chi connectivity index (χ0n) is 17.7. The van der Waals surface area contributed by atoms with E-state index in [4.69, 9.17) is 51.4 Å². The third-order valence-corrected chi connectivity index (χ3v) is 6.50. The van der Waals surface area contributed by atoms with E-state index in [1.165, 1.54) is 6.07 Å². The van der Waals surface area contributed by atoms with Crippen molar-refractivity contribution in [2.24, 2.45) is 0 Å². The summed E-state index contributed by atoms with van der Waals surface area (Å²) in [5.74, 6) is 0.588. The van der Waals surface area contributed by atoms with Crippen molar-refractivity contribution in [1.29, 1.82) is 0 Å². The van der Waals surface area contributed by atoms with Crippen LogP contribution in [0.1, 0.15) is 10.6 Å². The monoisotopic (exact) mass is 540 g/mol. The number of aromatic nitrogens is 2. The standard InChI is InChI=1S/C25H15Cl3N4O2S/c26-16-9-8-13(12-15(16)23-30-18-6-1-2-7-19(18)31-23)29-25(35)32-24(33)21-11-10-20(34-21)14-4-3-5-17(27)22(14)28/h1-12H,(H,30,31)(H2,29,32,33,35). The number of nitrogens with one attached hydrogen (secondary N) is 3. The van der Waals surface area contributed by atoms with E-state index in [0.717, 1.165) is 11.0 Å². The molecule has 174 valence electrons. The molecule has 6 nitrogen and oxygen atoms in total. The number of carbonyl (C=O) groups is 1. The van der Waals surface area contributed by atoms with Crippen LogP contribution in [0.15, 0.2) is 77.2 Å². The summed E-state index contributed by atoms with van der Waals surface area (Å²) in [6.45, 7) is 0. The lowest BCUT2D eigenvalue weighted by Crippen LogP contribution is -2.33. The Morgan fingerprint density at radius 2 is 1.74 bits per heavy atom. The second kappa shape index (κ2) is 9.71. The zero-order chi connectivity index (χ0) is 24.5. The number of thiocarbonyl (C=S) groups is 1. The van der Waals surface area contributed by atoms with Crippen LogP contribution >= 0.6 is 47.0 Å². The Bertz CT molecular complexity index is 1560. The molecular weight excluding hydrogens is 527 g/mol. The number of imidazole rings is 1. The predicted molar refractivity (Wildman–Crippen MR) is 144 cm³/mol. The number of fused-ring (bicyclic) bond motifs is 1. The molecule has 0 bridgehead atoms. The minimum atomic E-state index is -0.515. The molecule has 0 aliphatic carbocycles. The number of hydrogen-bond donors (Lipinski definition) is 3. The Hall–Kier alpha value is -3.36. The fourth-order valence-corrected chi connectivity index (χ4v) is 4.30. The second-order valence-corrected chi connectivity index (χ2v) is 9.07. The summed E-state index contributed by atoms with van der Waals surface area (Å²) in [4.78, 5) is 20.5. The van der Waals surface area contributed by atoms with Gasteiger partial charge < -0.3 is 14.7 Å². The molecular formula is C25H15Cl3N4O2S. The van der Waals surface area contributed by atoms with Crippen molar-refractivity contribution in [3.05, 3.63) is 93.6 Å². The van der Waals surface area contributed by atoms with Crippen LogP contribution in [0.25, 0.3) is 33.7 Å². The number of para-hydroxylation sites is 2. The molecule has 1 amide bonds. The van der Waals surface area contributed by atoms with Gasteiger partial charge in [0.25, 0.3) is 5.91 Å². The lowest BCUT2D eigenvalue weighted by atomic mass is 10.2. The Labute approximate surface area is 220 Å². The maximum Gasteiger partial charge on any atom is 0.293 e. The molecule has 2 aromatic heterocycles. The quantitative estimate of drug-likeness (QED) is 0.204. The van der Waals surface area contributed by atoms with E-state index in [1.54, 1.807) is 42.5 Å². The molecule has 0 aliphatic rings. The number of rotatable bonds is 4. The van der Waals surface area contributed by atoms with E-state index < -0.39 is 5.91 Å². The molecule has 0 saturated heterocycles. The molecule has 0 fully saturated rings. The summed E-state index contributed by atoms with van der Waals surface area (Å²) in [5, 5.41) is 6.93. The van der Waals surface area contributed by atoms with Crippen LogP contribution in [0.2, 0.25) is 15.1 Å². The summed E-state index contributed by atoms with van der Waals surface area (Å²) in [7, 11) is 0. The fraction of sp³-hybridized carbons (Fsp3) is 0. The maximum absolute atomic E-state index is 12.7. The lowest BCUT2D eigenvalue weighted by molar-refractivity contribution is 0.0951. The van der Waals surface area contributed by atoms with Gasteiger partial charge in [-0.15, -0.1) is 0 Å². The molecule has 35 heavy (non-hydrogen) atoms. The van der Waals surface area contributed by atoms with Crippen LogP contribution < -0.4 is 10.6 Å². The van der Waals surface area contributed by atoms with Crippen molar-refractivity contribution in [1.82, 2.24) is 15.3 Å². The fourth-order valence-electron chi connectivity index (χ4n) is 3.49. The molecule has 0 spiro atoms. The minimum absolute atomic E-state index is 0.0688. The predicted octanol–water partition coefficient (Wildman–Crippen LogP) is 7.58. The SMILES string of the molecule is O=C(NC(=S)Nc1ccc(Cl)c(-c2nc3ccccc3[nH]2)c1)c1ccc(-c2cccc(Cl)c2Cl)o1. The number of halogens is 3. The van der Waals surface area contributed by atoms with Crippen LogP contribution in [0.5, 0.6) is 0 Å². The highest BCUT2D eigenvalue weighted by atomic mass is 35.5. The van der Waals surface area contributed by atoms with Crippen molar-refractivity contribution in [2.45, 2.75) is 0 Å². The first-order chi connectivity index (χ1) is 16.9. The van der Waals surface area contributed by atoms with Gasteiger partial charge in [0.05, 0.1) is 26.1 Å². The number of anilines is 1. The van der Waals surface area contributed by atoms with E-state index in [1.807, 2.05) is 24.3 Å². The second-order valence-electron chi connectivity index (χ2n) is 7.47. The first-order valence-electron chi connectivity index (χ1n) is 10.3. The Balaban J connectivity index is 1.30. The lowest BCUT2D eigenvalue weighted by Gasteiger charge is -2.10. The minimum Gasteiger partial charge on any atom is -0.451 e. The van der Waals surface area contributed by atoms with E-state index >= 15 is 0 Å². The molecule has 5 rings (SSSR count). The first-order valence-corrected chi connectivity index (χ1v) is 11.8. The Morgan fingerprint density at radius 1 is 0.914 bits per heavy atom. The molecule has 2 heterocycles.